The van der Waals surface area contributed by atoms with Crippen molar-refractivity contribution >= 4 is 28.9 Å². The monoisotopic (exact) mass is 360 g/mol. The average molecular weight is 360 g/mol. The van der Waals surface area contributed by atoms with Crippen LogP contribution in [-0.2, 0) is 13.6 Å². The lowest BCUT2D eigenvalue weighted by Crippen LogP contribution is -2.23. The zero-order valence-electron chi connectivity index (χ0n) is 14.7. The molecule has 0 bridgehead atoms. The number of fused-ring (bicyclic) bond motifs is 1. The quantitative estimate of drug-likeness (QED) is 0.600. The van der Waals surface area contributed by atoms with E-state index in [1.165, 1.54) is 25.7 Å². The third-order valence-electron chi connectivity index (χ3n) is 4.36. The van der Waals surface area contributed by atoms with E-state index in [-0.39, 0.29) is 5.56 Å². The molecule has 1 saturated carbocycles. The van der Waals surface area contributed by atoms with Gasteiger partial charge < -0.3 is 11.1 Å². The summed E-state index contributed by atoms with van der Waals surface area (Å²) in [5, 5.41) is 4.44. The fraction of sp³-hybridized carbons (Fsp3) is 0.588. The molecule has 3 rings (SSSR count). The Hall–Kier alpha value is -1.98. The SMILES string of the molecule is CC#CCn1c(NCCN)nc2nc(SC3CCCC3)n(C)c(=O)c21. The summed E-state index contributed by atoms with van der Waals surface area (Å²) in [4.78, 5) is 22.1. The topological polar surface area (TPSA) is 90.8 Å². The van der Waals surface area contributed by atoms with Gasteiger partial charge in [0.1, 0.15) is 0 Å². The molecule has 0 unspecified atom stereocenters. The van der Waals surface area contributed by atoms with Gasteiger partial charge in [0.25, 0.3) is 5.56 Å². The minimum atomic E-state index is -0.0864. The molecular formula is C17H24N6OS. The molecule has 2 aromatic rings. The minimum absolute atomic E-state index is 0.0864. The van der Waals surface area contributed by atoms with Gasteiger partial charge in [-0.1, -0.05) is 30.5 Å². The van der Waals surface area contributed by atoms with E-state index in [0.29, 0.717) is 42.0 Å². The van der Waals surface area contributed by atoms with Crippen molar-refractivity contribution in [3.05, 3.63) is 10.4 Å². The third-order valence-corrected chi connectivity index (χ3v) is 5.74. The maximum atomic E-state index is 12.9. The van der Waals surface area contributed by atoms with E-state index in [4.69, 9.17) is 5.73 Å². The first-order chi connectivity index (χ1) is 12.2. The fourth-order valence-electron chi connectivity index (χ4n) is 3.03. The van der Waals surface area contributed by atoms with Crippen molar-refractivity contribution < 1.29 is 0 Å². The molecule has 1 fully saturated rings. The van der Waals surface area contributed by atoms with Crippen molar-refractivity contribution in [2.75, 3.05) is 18.4 Å². The van der Waals surface area contributed by atoms with Crippen molar-refractivity contribution in [3.8, 4) is 11.8 Å². The van der Waals surface area contributed by atoms with Crippen molar-refractivity contribution in [3.63, 3.8) is 0 Å². The van der Waals surface area contributed by atoms with Gasteiger partial charge in [-0.05, 0) is 19.8 Å². The van der Waals surface area contributed by atoms with Gasteiger partial charge in [0.05, 0.1) is 6.54 Å². The first kappa shape index (κ1) is 17.8. The standard InChI is InChI=1S/C17H24N6OS/c1-3-4-11-23-13-14(20-16(23)19-10-9-18)21-17(22(2)15(13)24)25-12-7-5-6-8-12/h12H,5-11,18H2,1-2H3,(H,19,20). The number of rotatable bonds is 6. The first-order valence-electron chi connectivity index (χ1n) is 8.63. The molecule has 25 heavy (non-hydrogen) atoms. The molecule has 0 atom stereocenters. The summed E-state index contributed by atoms with van der Waals surface area (Å²) in [5.41, 5.74) is 6.45. The van der Waals surface area contributed by atoms with Gasteiger partial charge in [-0.3, -0.25) is 13.9 Å². The van der Waals surface area contributed by atoms with E-state index in [1.54, 1.807) is 34.9 Å². The zero-order valence-corrected chi connectivity index (χ0v) is 15.5. The summed E-state index contributed by atoms with van der Waals surface area (Å²) in [6.07, 6.45) is 4.88. The van der Waals surface area contributed by atoms with Crippen LogP contribution in [0.4, 0.5) is 5.95 Å². The molecule has 0 aromatic carbocycles. The fourth-order valence-corrected chi connectivity index (χ4v) is 4.28. The van der Waals surface area contributed by atoms with E-state index < -0.39 is 0 Å². The number of aromatic nitrogens is 4. The van der Waals surface area contributed by atoms with Gasteiger partial charge in [0.2, 0.25) is 5.95 Å². The van der Waals surface area contributed by atoms with E-state index >= 15 is 0 Å². The van der Waals surface area contributed by atoms with Crippen LogP contribution in [0.15, 0.2) is 9.95 Å². The molecule has 8 heteroatoms. The van der Waals surface area contributed by atoms with Crippen LogP contribution in [0.5, 0.6) is 0 Å². The Balaban J connectivity index is 2.07. The first-order valence-corrected chi connectivity index (χ1v) is 9.51. The van der Waals surface area contributed by atoms with Crippen LogP contribution < -0.4 is 16.6 Å². The maximum Gasteiger partial charge on any atom is 0.280 e. The van der Waals surface area contributed by atoms with Gasteiger partial charge in [-0.15, -0.1) is 5.92 Å². The highest BCUT2D eigenvalue weighted by atomic mass is 32.2. The van der Waals surface area contributed by atoms with Crippen molar-refractivity contribution in [1.82, 2.24) is 19.1 Å². The summed E-state index contributed by atoms with van der Waals surface area (Å²) in [6.45, 7) is 3.23. The summed E-state index contributed by atoms with van der Waals surface area (Å²) >= 11 is 1.69. The number of nitrogens with one attached hydrogen (secondary N) is 1. The number of imidazole rings is 1. The molecule has 0 saturated heterocycles. The van der Waals surface area contributed by atoms with E-state index in [9.17, 15) is 4.79 Å². The summed E-state index contributed by atoms with van der Waals surface area (Å²) < 4.78 is 3.43. The number of nitrogens with two attached hydrogens (primary N) is 1. The normalized spacial score (nSPS) is 14.7. The number of hydrogen-bond acceptors (Lipinski definition) is 6. The molecule has 0 radical (unpaired) electrons. The molecule has 1 aliphatic carbocycles. The summed E-state index contributed by atoms with van der Waals surface area (Å²) in [7, 11) is 1.78. The summed E-state index contributed by atoms with van der Waals surface area (Å²) in [5.74, 6) is 6.46. The molecule has 1 aliphatic rings. The van der Waals surface area contributed by atoms with Crippen molar-refractivity contribution in [2.24, 2.45) is 12.8 Å². The molecule has 134 valence electrons. The average Bonchev–Trinajstić information content (AvgIpc) is 3.23. The van der Waals surface area contributed by atoms with Crippen LogP contribution in [0.3, 0.4) is 0 Å². The van der Waals surface area contributed by atoms with E-state index in [0.717, 1.165) is 5.16 Å². The van der Waals surface area contributed by atoms with E-state index in [2.05, 4.69) is 27.1 Å². The summed E-state index contributed by atoms with van der Waals surface area (Å²) in [6, 6.07) is 0. The Kier molecular flexibility index (Phi) is 5.66. The highest BCUT2D eigenvalue weighted by Crippen LogP contribution is 2.33. The number of thioether (sulfide) groups is 1. The minimum Gasteiger partial charge on any atom is -0.354 e. The van der Waals surface area contributed by atoms with Crippen LogP contribution in [-0.4, -0.2) is 37.4 Å². The lowest BCUT2D eigenvalue weighted by molar-refractivity contribution is 0.712. The van der Waals surface area contributed by atoms with Crippen molar-refractivity contribution in [2.45, 2.75) is 49.6 Å². The van der Waals surface area contributed by atoms with Crippen LogP contribution in [0.1, 0.15) is 32.6 Å². The van der Waals surface area contributed by atoms with Crippen LogP contribution in [0.25, 0.3) is 11.2 Å². The lowest BCUT2D eigenvalue weighted by Gasteiger charge is -2.11. The van der Waals surface area contributed by atoms with Crippen LogP contribution >= 0.6 is 11.8 Å². The van der Waals surface area contributed by atoms with Gasteiger partial charge >= 0.3 is 0 Å². The van der Waals surface area contributed by atoms with Gasteiger partial charge in [-0.2, -0.15) is 4.98 Å². The Bertz CT molecular complexity index is 869. The van der Waals surface area contributed by atoms with Gasteiger partial charge in [0.15, 0.2) is 16.3 Å². The predicted molar refractivity (Wildman–Crippen MR) is 102 cm³/mol. The predicted octanol–water partition coefficient (Wildman–Crippen LogP) is 1.56. The van der Waals surface area contributed by atoms with Gasteiger partial charge in [0, 0.05) is 25.4 Å². The molecular weight excluding hydrogens is 336 g/mol. The largest absolute Gasteiger partial charge is 0.354 e. The second-order valence-electron chi connectivity index (χ2n) is 6.12. The number of anilines is 1. The highest BCUT2D eigenvalue weighted by molar-refractivity contribution is 7.99. The second-order valence-corrected chi connectivity index (χ2v) is 7.39. The second kappa shape index (κ2) is 7.93. The number of nitrogens with zero attached hydrogens (tertiary/aromatic N) is 4. The molecule has 0 aliphatic heterocycles. The lowest BCUT2D eigenvalue weighted by atomic mass is 10.4. The Morgan fingerprint density at radius 1 is 1.36 bits per heavy atom. The van der Waals surface area contributed by atoms with Crippen LogP contribution in [0.2, 0.25) is 0 Å². The maximum absolute atomic E-state index is 12.9. The molecule has 0 spiro atoms. The van der Waals surface area contributed by atoms with Crippen LogP contribution in [0, 0.1) is 11.8 Å². The van der Waals surface area contributed by atoms with Crippen molar-refractivity contribution in [1.29, 1.82) is 0 Å². The molecule has 7 nitrogen and oxygen atoms in total. The molecule has 0 amide bonds. The molecule has 3 N–H and O–H groups in total. The van der Waals surface area contributed by atoms with E-state index in [1.807, 2.05) is 0 Å². The Labute approximate surface area is 151 Å². The third kappa shape index (κ3) is 3.67. The zero-order chi connectivity index (χ0) is 17.8. The highest BCUT2D eigenvalue weighted by Gasteiger charge is 2.22. The molecule has 2 heterocycles. The Morgan fingerprint density at radius 2 is 2.12 bits per heavy atom. The van der Waals surface area contributed by atoms with Gasteiger partial charge in [-0.25, -0.2) is 4.98 Å². The Morgan fingerprint density at radius 3 is 2.80 bits per heavy atom. The smallest absolute Gasteiger partial charge is 0.280 e. The molecule has 2 aromatic heterocycles. The number of hydrogen-bond donors (Lipinski definition) is 2.